The van der Waals surface area contributed by atoms with Crippen LogP contribution in [0.15, 0.2) is 12.3 Å². The third-order valence-corrected chi connectivity index (χ3v) is 1.02. The topological polar surface area (TPSA) is 120 Å². The van der Waals surface area contributed by atoms with E-state index in [1.54, 1.807) is 0 Å². The number of aromatic nitrogens is 2. The number of carbonyl (C=O) groups excluding carboxylic acids is 1. The van der Waals surface area contributed by atoms with Crippen LogP contribution in [0.4, 0.5) is 4.79 Å². The van der Waals surface area contributed by atoms with Gasteiger partial charge >= 0.3 is 6.09 Å². The zero-order valence-corrected chi connectivity index (χ0v) is 6.02. The summed E-state index contributed by atoms with van der Waals surface area (Å²) in [5.41, 5.74) is 9.78. The number of nitrogens with one attached hydrogen (secondary N) is 1. The van der Waals surface area contributed by atoms with Crippen molar-refractivity contribution < 1.29 is 9.53 Å². The average Bonchev–Trinajstić information content (AvgIpc) is 2.34. The van der Waals surface area contributed by atoms with Crippen LogP contribution in [-0.2, 0) is 0 Å². The zero-order valence-electron chi connectivity index (χ0n) is 6.02. The first-order valence-electron chi connectivity index (χ1n) is 2.97. The van der Waals surface area contributed by atoms with E-state index in [-0.39, 0.29) is 11.8 Å². The second-order valence-electron chi connectivity index (χ2n) is 1.90. The minimum Gasteiger partial charge on any atom is -0.390 e. The highest BCUT2D eigenvalue weighted by Gasteiger charge is 2.03. The van der Waals surface area contributed by atoms with Gasteiger partial charge in [0.15, 0.2) is 0 Å². The van der Waals surface area contributed by atoms with Gasteiger partial charge in [0.2, 0.25) is 11.8 Å². The molecule has 0 aliphatic carbocycles. The summed E-state index contributed by atoms with van der Waals surface area (Å²) >= 11 is 0. The van der Waals surface area contributed by atoms with Gasteiger partial charge in [0.25, 0.3) is 0 Å². The molecule has 0 aliphatic rings. The molecule has 5 N–H and O–H groups in total. The molecule has 0 saturated carbocycles. The van der Waals surface area contributed by atoms with Crippen molar-refractivity contribution in [3.63, 3.8) is 0 Å². The first-order valence-corrected chi connectivity index (χ1v) is 2.97. The lowest BCUT2D eigenvalue weighted by Gasteiger charge is -1.94. The van der Waals surface area contributed by atoms with E-state index < -0.39 is 6.09 Å². The van der Waals surface area contributed by atoms with Gasteiger partial charge in [-0.05, 0) is 0 Å². The first kappa shape index (κ1) is 8.05. The van der Waals surface area contributed by atoms with E-state index in [1.807, 2.05) is 0 Å². The van der Waals surface area contributed by atoms with Gasteiger partial charge in [-0.15, -0.1) is 5.10 Å². The van der Waals surface area contributed by atoms with E-state index in [4.69, 9.17) is 16.9 Å². The zero-order chi connectivity index (χ0) is 9.14. The Balaban J connectivity index is 2.77. The molecule has 1 heterocycles. The second kappa shape index (κ2) is 2.91. The Morgan fingerprint density at radius 3 is 2.75 bits per heavy atom. The Morgan fingerprint density at radius 1 is 1.67 bits per heavy atom. The highest BCUT2D eigenvalue weighted by Crippen LogP contribution is 2.03. The summed E-state index contributed by atoms with van der Waals surface area (Å²) in [5.74, 6) is -0.257. The predicted octanol–water partition coefficient (Wildman–Crippen LogP) is -0.918. The van der Waals surface area contributed by atoms with Gasteiger partial charge in [-0.2, -0.15) is 0 Å². The number of amides is 1. The standard InChI is InChI=1S/C5H7N5O2/c6-4(7)10-2-1-3(9-10)12-5(8)11/h1-2H,(H3,6,7)(H2,8,11). The maximum absolute atomic E-state index is 10.2. The van der Waals surface area contributed by atoms with Crippen molar-refractivity contribution in [1.29, 1.82) is 5.41 Å². The lowest BCUT2D eigenvalue weighted by molar-refractivity contribution is 0.209. The molecule has 1 aromatic heterocycles. The number of carbonyl (C=O) groups is 1. The summed E-state index contributed by atoms with van der Waals surface area (Å²) in [5, 5.41) is 10.5. The van der Waals surface area contributed by atoms with Crippen LogP contribution in [0.5, 0.6) is 5.88 Å². The quantitative estimate of drug-likeness (QED) is 0.372. The van der Waals surface area contributed by atoms with Crippen molar-refractivity contribution in [2.24, 2.45) is 11.5 Å². The minimum absolute atomic E-state index is 0.0118. The van der Waals surface area contributed by atoms with Crippen molar-refractivity contribution in [3.05, 3.63) is 12.3 Å². The lowest BCUT2D eigenvalue weighted by Crippen LogP contribution is -2.21. The minimum atomic E-state index is -0.955. The number of primary amides is 1. The molecular weight excluding hydrogens is 162 g/mol. The SMILES string of the molecule is N=C(N)n1ccc(OC(N)=O)n1. The Kier molecular flexibility index (Phi) is 1.95. The Bertz CT molecular complexity index is 317. The van der Waals surface area contributed by atoms with Gasteiger partial charge in [0, 0.05) is 12.3 Å². The van der Waals surface area contributed by atoms with Crippen molar-refractivity contribution >= 4 is 12.1 Å². The summed E-state index contributed by atoms with van der Waals surface area (Å²) in [6, 6.07) is 1.37. The normalized spacial score (nSPS) is 9.33. The third-order valence-electron chi connectivity index (χ3n) is 1.02. The number of nitrogens with zero attached hydrogens (tertiary/aromatic N) is 2. The van der Waals surface area contributed by atoms with Crippen LogP contribution >= 0.6 is 0 Å². The van der Waals surface area contributed by atoms with Crippen LogP contribution in [0.2, 0.25) is 0 Å². The van der Waals surface area contributed by atoms with Crippen LogP contribution in [0.3, 0.4) is 0 Å². The Labute approximate surface area is 67.4 Å². The molecule has 0 radical (unpaired) electrons. The number of nitrogens with two attached hydrogens (primary N) is 2. The van der Waals surface area contributed by atoms with E-state index in [0.717, 1.165) is 4.68 Å². The molecule has 0 unspecified atom stereocenters. The molecule has 0 aliphatic heterocycles. The molecule has 0 spiro atoms. The molecule has 0 saturated heterocycles. The van der Waals surface area contributed by atoms with E-state index in [9.17, 15) is 4.79 Å². The molecule has 12 heavy (non-hydrogen) atoms. The van der Waals surface area contributed by atoms with Gasteiger partial charge in [-0.3, -0.25) is 5.41 Å². The Morgan fingerprint density at radius 2 is 2.33 bits per heavy atom. The van der Waals surface area contributed by atoms with Gasteiger partial charge < -0.3 is 16.2 Å². The maximum Gasteiger partial charge on any atom is 0.411 e. The van der Waals surface area contributed by atoms with Crippen molar-refractivity contribution in [2.75, 3.05) is 0 Å². The molecular formula is C5H7N5O2. The van der Waals surface area contributed by atoms with Crippen LogP contribution in [0.25, 0.3) is 0 Å². The molecule has 1 rings (SSSR count). The highest BCUT2D eigenvalue weighted by atomic mass is 16.6. The fraction of sp³-hybridized carbons (Fsp3) is 0. The summed E-state index contributed by atoms with van der Waals surface area (Å²) in [6.07, 6.45) is 0.421. The smallest absolute Gasteiger partial charge is 0.390 e. The van der Waals surface area contributed by atoms with Crippen LogP contribution < -0.4 is 16.2 Å². The number of hydrogen-bond acceptors (Lipinski definition) is 4. The largest absolute Gasteiger partial charge is 0.411 e. The second-order valence-corrected chi connectivity index (χ2v) is 1.90. The molecule has 7 nitrogen and oxygen atoms in total. The van der Waals surface area contributed by atoms with Gasteiger partial charge in [-0.25, -0.2) is 9.48 Å². The van der Waals surface area contributed by atoms with Crippen molar-refractivity contribution in [2.45, 2.75) is 0 Å². The van der Waals surface area contributed by atoms with E-state index >= 15 is 0 Å². The summed E-state index contributed by atoms with van der Waals surface area (Å²) in [4.78, 5) is 10.2. The summed E-state index contributed by atoms with van der Waals surface area (Å²) < 4.78 is 5.44. The molecule has 1 aromatic rings. The van der Waals surface area contributed by atoms with Gasteiger partial charge in [0.05, 0.1) is 0 Å². The number of ether oxygens (including phenoxy) is 1. The summed E-state index contributed by atoms with van der Waals surface area (Å²) in [7, 11) is 0. The fourth-order valence-electron chi connectivity index (χ4n) is 0.599. The van der Waals surface area contributed by atoms with Crippen LogP contribution in [0.1, 0.15) is 0 Å². The van der Waals surface area contributed by atoms with E-state index in [0.29, 0.717) is 0 Å². The number of hydrogen-bond donors (Lipinski definition) is 3. The van der Waals surface area contributed by atoms with Crippen LogP contribution in [0, 0.1) is 5.41 Å². The maximum atomic E-state index is 10.2. The van der Waals surface area contributed by atoms with Crippen LogP contribution in [-0.4, -0.2) is 21.8 Å². The van der Waals surface area contributed by atoms with E-state index in [1.165, 1.54) is 12.3 Å². The monoisotopic (exact) mass is 169 g/mol. The molecule has 1 amide bonds. The summed E-state index contributed by atoms with van der Waals surface area (Å²) in [6.45, 7) is 0. The molecule has 0 fully saturated rings. The Hall–Kier alpha value is -2.05. The molecule has 0 atom stereocenters. The van der Waals surface area contributed by atoms with Crippen molar-refractivity contribution in [1.82, 2.24) is 9.78 Å². The number of nitrogen functional groups attached to an aromatic ring is 1. The van der Waals surface area contributed by atoms with Gasteiger partial charge in [-0.1, -0.05) is 0 Å². The van der Waals surface area contributed by atoms with Gasteiger partial charge in [0.1, 0.15) is 0 Å². The van der Waals surface area contributed by atoms with Crippen molar-refractivity contribution in [3.8, 4) is 5.88 Å². The number of rotatable bonds is 1. The highest BCUT2D eigenvalue weighted by molar-refractivity contribution is 5.76. The molecule has 0 bridgehead atoms. The average molecular weight is 169 g/mol. The first-order chi connectivity index (χ1) is 5.59. The molecule has 64 valence electrons. The third kappa shape index (κ3) is 1.72. The molecule has 0 aromatic carbocycles. The molecule has 7 heteroatoms. The predicted molar refractivity (Wildman–Crippen MR) is 39.8 cm³/mol. The fourth-order valence-corrected chi connectivity index (χ4v) is 0.599. The lowest BCUT2D eigenvalue weighted by atomic mass is 10.7. The van der Waals surface area contributed by atoms with E-state index in [2.05, 4.69) is 9.84 Å².